The Morgan fingerprint density at radius 3 is 2.67 bits per heavy atom. The fourth-order valence-corrected chi connectivity index (χ4v) is 4.68. The topological polar surface area (TPSA) is 74.0 Å². The molecule has 1 aliphatic carbocycles. The van der Waals surface area contributed by atoms with Crippen LogP contribution >= 0.6 is 0 Å². The number of carboxylic acids is 1. The van der Waals surface area contributed by atoms with Gasteiger partial charge in [0.1, 0.15) is 11.6 Å². The van der Waals surface area contributed by atoms with E-state index in [1.54, 1.807) is 0 Å². The van der Waals surface area contributed by atoms with Gasteiger partial charge in [-0.25, -0.2) is 13.8 Å². The summed E-state index contributed by atoms with van der Waals surface area (Å²) in [7, 11) is 0. The molecule has 1 N–H and O–H groups in total. The third-order valence-corrected chi connectivity index (χ3v) is 6.42. The molecule has 3 atom stereocenters. The zero-order valence-corrected chi connectivity index (χ0v) is 14.9. The number of anilines is 2. The molecule has 27 heavy (non-hydrogen) atoms. The van der Waals surface area contributed by atoms with Gasteiger partial charge in [0, 0.05) is 38.2 Å². The Morgan fingerprint density at radius 1 is 1.37 bits per heavy atom. The molecule has 5 rings (SSSR count). The number of aliphatic carboxylic acids is 1. The predicted octanol–water partition coefficient (Wildman–Crippen LogP) is 2.42. The molecule has 2 aromatic heterocycles. The van der Waals surface area contributed by atoms with Crippen molar-refractivity contribution in [3.8, 4) is 0 Å². The molecule has 1 saturated carbocycles. The smallest absolute Gasteiger partial charge is 0.303 e. The maximum absolute atomic E-state index is 13.4. The number of aromatic nitrogens is 3. The third-order valence-electron chi connectivity index (χ3n) is 6.42. The summed E-state index contributed by atoms with van der Waals surface area (Å²) in [6.07, 6.45) is -0.153. The maximum Gasteiger partial charge on any atom is 0.303 e. The fourth-order valence-electron chi connectivity index (χ4n) is 4.68. The van der Waals surface area contributed by atoms with E-state index in [1.165, 1.54) is 10.7 Å². The molecule has 3 aliphatic rings. The third kappa shape index (κ3) is 2.55. The standard InChI is InChI=1S/C18H21F2N5O2/c1-9-2-3-24(9)14-5-15(25-18(22-14)11(6-21-25)17(19)20)23-7-12-10(4-16(26)27)13(12)8-23/h5-6,9-10,12-13,17H,2-4,7-8H2,1H3,(H,26,27). The molecule has 2 aliphatic heterocycles. The van der Waals surface area contributed by atoms with E-state index in [1.807, 2.05) is 6.07 Å². The quantitative estimate of drug-likeness (QED) is 0.863. The van der Waals surface area contributed by atoms with Gasteiger partial charge in [0.15, 0.2) is 5.65 Å². The minimum Gasteiger partial charge on any atom is -0.481 e. The van der Waals surface area contributed by atoms with Crippen molar-refractivity contribution in [1.82, 2.24) is 14.6 Å². The molecular weight excluding hydrogens is 356 g/mol. The van der Waals surface area contributed by atoms with Gasteiger partial charge in [-0.3, -0.25) is 4.79 Å². The Bertz CT molecular complexity index is 905. The lowest BCUT2D eigenvalue weighted by molar-refractivity contribution is -0.137. The summed E-state index contributed by atoms with van der Waals surface area (Å²) in [5.41, 5.74) is 0.0543. The lowest BCUT2D eigenvalue weighted by Crippen LogP contribution is -2.46. The zero-order valence-electron chi connectivity index (χ0n) is 14.9. The van der Waals surface area contributed by atoms with Crippen molar-refractivity contribution < 1.29 is 18.7 Å². The van der Waals surface area contributed by atoms with Crippen LogP contribution in [0.15, 0.2) is 12.3 Å². The van der Waals surface area contributed by atoms with Crippen LogP contribution in [0.2, 0.25) is 0 Å². The monoisotopic (exact) mass is 377 g/mol. The lowest BCUT2D eigenvalue weighted by Gasteiger charge is -2.40. The van der Waals surface area contributed by atoms with E-state index in [0.717, 1.165) is 31.9 Å². The van der Waals surface area contributed by atoms with Crippen molar-refractivity contribution >= 4 is 23.3 Å². The van der Waals surface area contributed by atoms with Crippen LogP contribution in [0.1, 0.15) is 31.8 Å². The molecular formula is C18H21F2N5O2. The van der Waals surface area contributed by atoms with Gasteiger partial charge < -0.3 is 14.9 Å². The summed E-state index contributed by atoms with van der Waals surface area (Å²) in [5, 5.41) is 13.2. The zero-order chi connectivity index (χ0) is 18.9. The summed E-state index contributed by atoms with van der Waals surface area (Å²) >= 11 is 0. The summed E-state index contributed by atoms with van der Waals surface area (Å²) in [6, 6.07) is 2.28. The van der Waals surface area contributed by atoms with Crippen LogP contribution in [-0.4, -0.2) is 51.4 Å². The van der Waals surface area contributed by atoms with Gasteiger partial charge in [0.25, 0.3) is 6.43 Å². The van der Waals surface area contributed by atoms with Crippen molar-refractivity contribution in [3.05, 3.63) is 17.8 Å². The van der Waals surface area contributed by atoms with Gasteiger partial charge in [-0.1, -0.05) is 0 Å². The normalized spacial score (nSPS) is 29.3. The first kappa shape index (κ1) is 16.7. The van der Waals surface area contributed by atoms with Crippen molar-refractivity contribution in [2.24, 2.45) is 17.8 Å². The van der Waals surface area contributed by atoms with E-state index < -0.39 is 12.4 Å². The van der Waals surface area contributed by atoms with Crippen LogP contribution in [0.5, 0.6) is 0 Å². The van der Waals surface area contributed by atoms with Crippen LogP contribution in [0.25, 0.3) is 5.65 Å². The largest absolute Gasteiger partial charge is 0.481 e. The molecule has 4 heterocycles. The highest BCUT2D eigenvalue weighted by Gasteiger charge is 2.56. The highest BCUT2D eigenvalue weighted by molar-refractivity contribution is 5.68. The second-order valence-corrected chi connectivity index (χ2v) is 7.93. The van der Waals surface area contributed by atoms with Gasteiger partial charge >= 0.3 is 5.97 Å². The van der Waals surface area contributed by atoms with Crippen molar-refractivity contribution in [2.75, 3.05) is 29.4 Å². The average Bonchev–Trinajstić information content (AvgIpc) is 3.00. The Kier molecular flexibility index (Phi) is 3.57. The molecule has 0 aromatic carbocycles. The van der Waals surface area contributed by atoms with E-state index in [9.17, 15) is 13.6 Å². The Balaban J connectivity index is 1.49. The summed E-state index contributed by atoms with van der Waals surface area (Å²) in [6.45, 7) is 4.44. The van der Waals surface area contributed by atoms with Crippen LogP contribution in [0.4, 0.5) is 20.4 Å². The molecule has 9 heteroatoms. The van der Waals surface area contributed by atoms with Crippen LogP contribution in [0.3, 0.4) is 0 Å². The fraction of sp³-hybridized carbons (Fsp3) is 0.611. The number of halogens is 2. The first-order valence-corrected chi connectivity index (χ1v) is 9.34. The minimum absolute atomic E-state index is 0.153. The first-order chi connectivity index (χ1) is 12.9. The minimum atomic E-state index is -2.63. The average molecular weight is 377 g/mol. The lowest BCUT2D eigenvalue weighted by atomic mass is 10.1. The Hall–Kier alpha value is -2.45. The number of piperidine rings is 1. The van der Waals surface area contributed by atoms with Crippen molar-refractivity contribution in [2.45, 2.75) is 32.2 Å². The van der Waals surface area contributed by atoms with Gasteiger partial charge in [-0.2, -0.15) is 9.61 Å². The van der Waals surface area contributed by atoms with E-state index in [-0.39, 0.29) is 23.5 Å². The molecule has 0 bridgehead atoms. The number of nitrogens with zero attached hydrogens (tertiary/aromatic N) is 5. The number of alkyl halides is 2. The predicted molar refractivity (Wildman–Crippen MR) is 94.3 cm³/mol. The Morgan fingerprint density at radius 2 is 2.11 bits per heavy atom. The van der Waals surface area contributed by atoms with E-state index in [2.05, 4.69) is 26.8 Å². The summed E-state index contributed by atoms with van der Waals surface area (Å²) < 4.78 is 28.3. The SMILES string of the molecule is CC1CCN1c1cc(N2CC3C(CC(=O)O)C3C2)n2ncc(C(F)F)c2n1. The molecule has 144 valence electrons. The van der Waals surface area contributed by atoms with Crippen molar-refractivity contribution in [1.29, 1.82) is 0 Å². The highest BCUT2D eigenvalue weighted by Crippen LogP contribution is 2.54. The molecule has 0 radical (unpaired) electrons. The molecule has 0 spiro atoms. The van der Waals surface area contributed by atoms with Gasteiger partial charge in [0.05, 0.1) is 11.8 Å². The second-order valence-electron chi connectivity index (χ2n) is 7.93. The van der Waals surface area contributed by atoms with E-state index in [4.69, 9.17) is 5.11 Å². The van der Waals surface area contributed by atoms with Crippen LogP contribution in [0, 0.1) is 17.8 Å². The van der Waals surface area contributed by atoms with Crippen LogP contribution in [-0.2, 0) is 4.79 Å². The second kappa shape index (κ2) is 5.77. The maximum atomic E-state index is 13.4. The molecule has 7 nitrogen and oxygen atoms in total. The number of carboxylic acid groups (broad SMARTS) is 1. The number of hydrogen-bond acceptors (Lipinski definition) is 5. The molecule has 0 amide bonds. The molecule has 3 unspecified atom stereocenters. The number of hydrogen-bond donors (Lipinski definition) is 1. The van der Waals surface area contributed by atoms with E-state index >= 15 is 0 Å². The molecule has 3 fully saturated rings. The van der Waals surface area contributed by atoms with Gasteiger partial charge in [-0.15, -0.1) is 0 Å². The first-order valence-electron chi connectivity index (χ1n) is 9.34. The number of rotatable bonds is 5. The van der Waals surface area contributed by atoms with Gasteiger partial charge in [0.2, 0.25) is 0 Å². The number of carbonyl (C=O) groups is 1. The van der Waals surface area contributed by atoms with Crippen LogP contribution < -0.4 is 9.80 Å². The Labute approximate surface area is 154 Å². The highest BCUT2D eigenvalue weighted by atomic mass is 19.3. The van der Waals surface area contributed by atoms with Gasteiger partial charge in [-0.05, 0) is 31.1 Å². The van der Waals surface area contributed by atoms with E-state index in [0.29, 0.717) is 23.7 Å². The summed E-state index contributed by atoms with van der Waals surface area (Å²) in [5.74, 6) is 1.68. The summed E-state index contributed by atoms with van der Waals surface area (Å²) in [4.78, 5) is 19.7. The molecule has 2 aromatic rings. The number of fused-ring (bicyclic) bond motifs is 2. The van der Waals surface area contributed by atoms with Crippen molar-refractivity contribution in [3.63, 3.8) is 0 Å². The molecule has 2 saturated heterocycles.